The Morgan fingerprint density at radius 1 is 1.19 bits per heavy atom. The quantitative estimate of drug-likeness (QED) is 0.792. The van der Waals surface area contributed by atoms with Gasteiger partial charge in [0, 0.05) is 12.6 Å². The molecule has 2 rings (SSSR count). The molecule has 94 valence electrons. The fourth-order valence-corrected chi connectivity index (χ4v) is 3.50. The van der Waals surface area contributed by atoms with Gasteiger partial charge in [-0.3, -0.25) is 4.90 Å². The van der Waals surface area contributed by atoms with E-state index in [1.807, 2.05) is 0 Å². The van der Waals surface area contributed by atoms with Crippen LogP contribution < -0.4 is 5.32 Å². The van der Waals surface area contributed by atoms with Crippen LogP contribution in [0, 0.1) is 11.8 Å². The Morgan fingerprint density at radius 3 is 2.75 bits per heavy atom. The Labute approximate surface area is 101 Å². The van der Waals surface area contributed by atoms with E-state index in [9.17, 15) is 0 Å². The highest BCUT2D eigenvalue weighted by molar-refractivity contribution is 4.87. The maximum absolute atomic E-state index is 3.53. The molecule has 0 saturated carbocycles. The summed E-state index contributed by atoms with van der Waals surface area (Å²) in [5.74, 6) is 1.86. The minimum absolute atomic E-state index is 0.820. The van der Waals surface area contributed by atoms with Crippen LogP contribution in [0.15, 0.2) is 0 Å². The van der Waals surface area contributed by atoms with Crippen LogP contribution in [0.25, 0.3) is 0 Å². The van der Waals surface area contributed by atoms with Gasteiger partial charge in [0.1, 0.15) is 0 Å². The van der Waals surface area contributed by atoms with Crippen LogP contribution in [0.3, 0.4) is 0 Å². The highest BCUT2D eigenvalue weighted by Gasteiger charge is 2.29. The van der Waals surface area contributed by atoms with Crippen molar-refractivity contribution in [3.63, 3.8) is 0 Å². The third kappa shape index (κ3) is 2.98. The minimum Gasteiger partial charge on any atom is -0.315 e. The molecule has 2 aliphatic rings. The van der Waals surface area contributed by atoms with E-state index in [1.165, 1.54) is 58.3 Å². The average molecular weight is 224 g/mol. The van der Waals surface area contributed by atoms with Crippen molar-refractivity contribution in [2.45, 2.75) is 52.0 Å². The Hall–Kier alpha value is -0.0800. The largest absolute Gasteiger partial charge is 0.315 e. The van der Waals surface area contributed by atoms with Crippen LogP contribution in [0.2, 0.25) is 0 Å². The topological polar surface area (TPSA) is 15.3 Å². The van der Waals surface area contributed by atoms with E-state index in [1.54, 1.807) is 0 Å². The first-order chi connectivity index (χ1) is 7.81. The van der Waals surface area contributed by atoms with Gasteiger partial charge in [0.2, 0.25) is 0 Å². The zero-order valence-electron chi connectivity index (χ0n) is 11.0. The van der Waals surface area contributed by atoms with Gasteiger partial charge in [-0.1, -0.05) is 26.7 Å². The molecular formula is C14H28N2. The van der Waals surface area contributed by atoms with Crippen LogP contribution in [0.1, 0.15) is 46.0 Å². The molecular weight excluding hydrogens is 196 g/mol. The lowest BCUT2D eigenvalue weighted by molar-refractivity contribution is 0.182. The normalized spacial score (nSPS) is 37.5. The molecule has 0 aliphatic carbocycles. The summed E-state index contributed by atoms with van der Waals surface area (Å²) in [6.45, 7) is 9.86. The smallest absolute Gasteiger partial charge is 0.0258 e. The molecule has 3 unspecified atom stereocenters. The zero-order valence-corrected chi connectivity index (χ0v) is 11.0. The van der Waals surface area contributed by atoms with Crippen LogP contribution in [-0.2, 0) is 0 Å². The van der Waals surface area contributed by atoms with Crippen molar-refractivity contribution in [2.75, 3.05) is 26.2 Å². The number of rotatable bonds is 3. The molecule has 0 bridgehead atoms. The van der Waals surface area contributed by atoms with E-state index in [4.69, 9.17) is 0 Å². The van der Waals surface area contributed by atoms with E-state index < -0.39 is 0 Å². The third-order valence-corrected chi connectivity index (χ3v) is 4.52. The van der Waals surface area contributed by atoms with Crippen molar-refractivity contribution in [1.82, 2.24) is 10.2 Å². The second-order valence-corrected chi connectivity index (χ2v) is 5.82. The summed E-state index contributed by atoms with van der Waals surface area (Å²) in [7, 11) is 0. The summed E-state index contributed by atoms with van der Waals surface area (Å²) in [5, 5.41) is 3.53. The second-order valence-electron chi connectivity index (χ2n) is 5.82. The standard InChI is InChI=1S/C14H28N2/c1-3-5-13-6-4-8-16(9-7-13)14-11-15-10-12(14)2/h12-15H,3-11H2,1-2H3. The zero-order chi connectivity index (χ0) is 11.4. The molecule has 16 heavy (non-hydrogen) atoms. The van der Waals surface area contributed by atoms with Crippen molar-refractivity contribution in [1.29, 1.82) is 0 Å². The van der Waals surface area contributed by atoms with Crippen LogP contribution >= 0.6 is 0 Å². The van der Waals surface area contributed by atoms with E-state index in [0.717, 1.165) is 17.9 Å². The van der Waals surface area contributed by atoms with E-state index >= 15 is 0 Å². The van der Waals surface area contributed by atoms with Gasteiger partial charge in [0.05, 0.1) is 0 Å². The fraction of sp³-hybridized carbons (Fsp3) is 1.00. The molecule has 0 aromatic heterocycles. The molecule has 0 aromatic rings. The molecule has 3 atom stereocenters. The molecule has 2 saturated heterocycles. The summed E-state index contributed by atoms with van der Waals surface area (Å²) in [6, 6.07) is 0.820. The number of hydrogen-bond donors (Lipinski definition) is 1. The summed E-state index contributed by atoms with van der Waals surface area (Å²) in [5.41, 5.74) is 0. The number of likely N-dealkylation sites (tertiary alicyclic amines) is 1. The van der Waals surface area contributed by atoms with Crippen LogP contribution in [0.4, 0.5) is 0 Å². The first-order valence-electron chi connectivity index (χ1n) is 7.26. The van der Waals surface area contributed by atoms with Gasteiger partial charge >= 0.3 is 0 Å². The maximum atomic E-state index is 3.53. The lowest BCUT2D eigenvalue weighted by atomic mass is 9.96. The molecule has 0 amide bonds. The number of nitrogens with one attached hydrogen (secondary N) is 1. The Kier molecular flexibility index (Phi) is 4.66. The fourth-order valence-electron chi connectivity index (χ4n) is 3.50. The van der Waals surface area contributed by atoms with Crippen molar-refractivity contribution >= 4 is 0 Å². The van der Waals surface area contributed by atoms with Crippen molar-refractivity contribution in [2.24, 2.45) is 11.8 Å². The number of nitrogens with zero attached hydrogens (tertiary/aromatic N) is 1. The van der Waals surface area contributed by atoms with Gasteiger partial charge in [-0.15, -0.1) is 0 Å². The van der Waals surface area contributed by atoms with E-state index in [0.29, 0.717) is 0 Å². The van der Waals surface area contributed by atoms with Gasteiger partial charge in [-0.2, -0.15) is 0 Å². The molecule has 0 radical (unpaired) electrons. The molecule has 2 heterocycles. The molecule has 0 aromatic carbocycles. The van der Waals surface area contributed by atoms with Crippen molar-refractivity contribution in [3.05, 3.63) is 0 Å². The summed E-state index contributed by atoms with van der Waals surface area (Å²) >= 11 is 0. The average Bonchev–Trinajstić information content (AvgIpc) is 2.57. The molecule has 2 heteroatoms. The summed E-state index contributed by atoms with van der Waals surface area (Å²) in [6.07, 6.45) is 7.15. The van der Waals surface area contributed by atoms with Crippen LogP contribution in [0.5, 0.6) is 0 Å². The number of hydrogen-bond acceptors (Lipinski definition) is 2. The van der Waals surface area contributed by atoms with Gasteiger partial charge in [-0.25, -0.2) is 0 Å². The first kappa shape index (κ1) is 12.4. The highest BCUT2D eigenvalue weighted by Crippen LogP contribution is 2.25. The molecule has 1 N–H and O–H groups in total. The van der Waals surface area contributed by atoms with Crippen molar-refractivity contribution in [3.8, 4) is 0 Å². The predicted octanol–water partition coefficient (Wildman–Crippen LogP) is 2.50. The lowest BCUT2D eigenvalue weighted by Crippen LogP contribution is -2.40. The molecule has 0 spiro atoms. The highest BCUT2D eigenvalue weighted by atomic mass is 15.2. The van der Waals surface area contributed by atoms with E-state index in [2.05, 4.69) is 24.1 Å². The maximum Gasteiger partial charge on any atom is 0.0258 e. The van der Waals surface area contributed by atoms with E-state index in [-0.39, 0.29) is 0 Å². The summed E-state index contributed by atoms with van der Waals surface area (Å²) < 4.78 is 0. The van der Waals surface area contributed by atoms with Gasteiger partial charge in [0.25, 0.3) is 0 Å². The van der Waals surface area contributed by atoms with Crippen LogP contribution in [-0.4, -0.2) is 37.1 Å². The van der Waals surface area contributed by atoms with Gasteiger partial charge < -0.3 is 5.32 Å². The molecule has 2 fully saturated rings. The second kappa shape index (κ2) is 6.02. The van der Waals surface area contributed by atoms with Crippen molar-refractivity contribution < 1.29 is 0 Å². The van der Waals surface area contributed by atoms with Gasteiger partial charge in [0.15, 0.2) is 0 Å². The Bertz CT molecular complexity index is 205. The first-order valence-corrected chi connectivity index (χ1v) is 7.26. The monoisotopic (exact) mass is 224 g/mol. The van der Waals surface area contributed by atoms with Gasteiger partial charge in [-0.05, 0) is 50.7 Å². The lowest BCUT2D eigenvalue weighted by Gasteiger charge is -2.29. The molecule has 2 aliphatic heterocycles. The third-order valence-electron chi connectivity index (χ3n) is 4.52. The SMILES string of the molecule is CCCC1CCCN(C2CNCC2C)CC1. The predicted molar refractivity (Wildman–Crippen MR) is 69.6 cm³/mol. The Morgan fingerprint density at radius 2 is 2.06 bits per heavy atom. The Balaban J connectivity index is 1.83. The molecule has 2 nitrogen and oxygen atoms in total. The summed E-state index contributed by atoms with van der Waals surface area (Å²) in [4.78, 5) is 2.76. The minimum atomic E-state index is 0.820.